The Bertz CT molecular complexity index is 731. The minimum absolute atomic E-state index is 0.346. The highest BCUT2D eigenvalue weighted by Gasteiger charge is 2.50. The van der Waals surface area contributed by atoms with Gasteiger partial charge in [0.1, 0.15) is 73.2 Å². The van der Waals surface area contributed by atoms with Crippen molar-refractivity contribution in [2.24, 2.45) is 0 Å². The summed E-state index contributed by atoms with van der Waals surface area (Å²) in [7, 11) is 0. The van der Waals surface area contributed by atoms with E-state index in [9.17, 15) is 51.1 Å². The van der Waals surface area contributed by atoms with E-state index < -0.39 is 112 Å². The van der Waals surface area contributed by atoms with Gasteiger partial charge in [-0.3, -0.25) is 0 Å². The second-order valence-corrected chi connectivity index (χ2v) is 9.35. The van der Waals surface area contributed by atoms with Gasteiger partial charge < -0.3 is 84.2 Å². The molecule has 10 N–H and O–H groups in total. The second-order valence-electron chi connectivity index (χ2n) is 9.35. The topological polar surface area (TPSA) is 267 Å². The first-order valence-electron chi connectivity index (χ1n) is 11.7. The zero-order chi connectivity index (χ0) is 27.0. The first-order chi connectivity index (χ1) is 17.5. The van der Waals surface area contributed by atoms with Gasteiger partial charge in [-0.1, -0.05) is 0 Å². The molecule has 0 radical (unpaired) electrons. The van der Waals surface area contributed by atoms with Crippen molar-refractivity contribution in [3.63, 3.8) is 0 Å². The molecule has 4 heterocycles. The van der Waals surface area contributed by atoms with E-state index in [-0.39, 0.29) is 13.2 Å². The first kappa shape index (κ1) is 29.3. The number of rotatable bonds is 6. The Morgan fingerprint density at radius 1 is 0.405 bits per heavy atom. The van der Waals surface area contributed by atoms with Gasteiger partial charge in [-0.05, 0) is 0 Å². The molecule has 0 amide bonds. The molecule has 216 valence electrons. The highest BCUT2D eigenvalue weighted by Crippen LogP contribution is 2.29. The van der Waals surface area contributed by atoms with E-state index in [4.69, 9.17) is 33.2 Å². The van der Waals surface area contributed by atoms with Crippen molar-refractivity contribution in [3.8, 4) is 0 Å². The highest BCUT2D eigenvalue weighted by molar-refractivity contribution is 4.91. The minimum atomic E-state index is -1.79. The van der Waals surface area contributed by atoms with Crippen molar-refractivity contribution in [2.75, 3.05) is 26.4 Å². The molecule has 0 saturated carbocycles. The summed E-state index contributed by atoms with van der Waals surface area (Å²) in [5.74, 6) is 0. The third-order valence-electron chi connectivity index (χ3n) is 6.68. The smallest absolute Gasteiger partial charge is 0.187 e. The molecule has 4 rings (SSSR count). The number of hydrogen-bond donors (Lipinski definition) is 10. The summed E-state index contributed by atoms with van der Waals surface area (Å²) in [6.45, 7) is -1.50. The Morgan fingerprint density at radius 2 is 0.865 bits per heavy atom. The van der Waals surface area contributed by atoms with E-state index in [1.54, 1.807) is 0 Å². The standard InChI is InChI=1S/C20H34O17/c21-5-1-32-18(14(28)9(5)23)35-8-4-34-19(15(29)12(8)26)37-16-10(24)6(22)2-33-20(16)36-7-3-31-17(30)13(27)11(7)25/h5-30H,1-4H2/t5-,6-,7-,8-,9+,10+,11+,12+,13-,14-,15-,16-,17?,18+,19+,20+/m1/s1. The Labute approximate surface area is 209 Å². The van der Waals surface area contributed by atoms with Crippen LogP contribution in [0.1, 0.15) is 0 Å². The minimum Gasteiger partial charge on any atom is -0.388 e. The summed E-state index contributed by atoms with van der Waals surface area (Å²) < 4.78 is 37.4. The molecule has 1 unspecified atom stereocenters. The zero-order valence-corrected chi connectivity index (χ0v) is 19.4. The average Bonchev–Trinajstić information content (AvgIpc) is 2.87. The van der Waals surface area contributed by atoms with E-state index >= 15 is 0 Å². The summed E-state index contributed by atoms with van der Waals surface area (Å²) in [4.78, 5) is 0. The molecule has 17 heteroatoms. The van der Waals surface area contributed by atoms with Crippen LogP contribution in [-0.2, 0) is 33.2 Å². The first-order valence-corrected chi connectivity index (χ1v) is 11.7. The van der Waals surface area contributed by atoms with Crippen LogP contribution in [0.4, 0.5) is 0 Å². The Kier molecular flexibility index (Phi) is 9.69. The number of aliphatic hydroxyl groups is 10. The van der Waals surface area contributed by atoms with Crippen LogP contribution >= 0.6 is 0 Å². The lowest BCUT2D eigenvalue weighted by molar-refractivity contribution is -0.369. The molecule has 17 nitrogen and oxygen atoms in total. The summed E-state index contributed by atoms with van der Waals surface area (Å²) >= 11 is 0. The lowest BCUT2D eigenvalue weighted by Crippen LogP contribution is -2.63. The molecule has 0 aromatic heterocycles. The van der Waals surface area contributed by atoms with Crippen molar-refractivity contribution < 1.29 is 84.2 Å². The lowest BCUT2D eigenvalue weighted by atomic mass is 10.0. The van der Waals surface area contributed by atoms with Crippen LogP contribution < -0.4 is 0 Å². The van der Waals surface area contributed by atoms with Crippen LogP contribution in [0.25, 0.3) is 0 Å². The van der Waals surface area contributed by atoms with E-state index in [1.165, 1.54) is 0 Å². The summed E-state index contributed by atoms with van der Waals surface area (Å²) in [6, 6.07) is 0. The molecule has 16 atom stereocenters. The SMILES string of the molecule is OC1OC[C@@H](O[C@@H]2OC[C@@H](O)[C@H](O)[C@H]2O[C@@H]2OC[C@@H](O[C@@H]3OC[C@@H](O)[C@H](O)[C@H]3O)[C@H](O)[C@H]2O)[C@H](O)[C@H]1O. The molecule has 0 aromatic rings. The quantitative estimate of drug-likeness (QED) is 0.148. The van der Waals surface area contributed by atoms with E-state index in [0.29, 0.717) is 0 Å². The van der Waals surface area contributed by atoms with Gasteiger partial charge in [0, 0.05) is 0 Å². The van der Waals surface area contributed by atoms with Crippen molar-refractivity contribution in [1.29, 1.82) is 0 Å². The van der Waals surface area contributed by atoms with E-state index in [1.807, 2.05) is 0 Å². The maximum Gasteiger partial charge on any atom is 0.187 e. The lowest BCUT2D eigenvalue weighted by Gasteiger charge is -2.45. The van der Waals surface area contributed by atoms with Crippen molar-refractivity contribution in [2.45, 2.75) is 98.4 Å². The van der Waals surface area contributed by atoms with Gasteiger partial charge in [0.05, 0.1) is 26.4 Å². The molecule has 37 heavy (non-hydrogen) atoms. The number of aliphatic hydroxyl groups excluding tert-OH is 10. The maximum atomic E-state index is 10.6. The van der Waals surface area contributed by atoms with Gasteiger partial charge in [0.15, 0.2) is 25.2 Å². The van der Waals surface area contributed by atoms with E-state index in [0.717, 1.165) is 0 Å². The van der Waals surface area contributed by atoms with Crippen molar-refractivity contribution >= 4 is 0 Å². The summed E-state index contributed by atoms with van der Waals surface area (Å²) in [5, 5.41) is 100. The number of ether oxygens (including phenoxy) is 7. The third kappa shape index (κ3) is 6.23. The Balaban J connectivity index is 1.37. The monoisotopic (exact) mass is 546 g/mol. The molecule has 0 aromatic carbocycles. The van der Waals surface area contributed by atoms with Gasteiger partial charge >= 0.3 is 0 Å². The van der Waals surface area contributed by atoms with Gasteiger partial charge in [-0.15, -0.1) is 0 Å². The van der Waals surface area contributed by atoms with Crippen LogP contribution in [0.2, 0.25) is 0 Å². The largest absolute Gasteiger partial charge is 0.388 e. The maximum absolute atomic E-state index is 10.6. The Morgan fingerprint density at radius 3 is 1.54 bits per heavy atom. The molecule has 4 aliphatic rings. The molecular weight excluding hydrogens is 512 g/mol. The fourth-order valence-electron chi connectivity index (χ4n) is 4.33. The third-order valence-corrected chi connectivity index (χ3v) is 6.68. The molecule has 4 aliphatic heterocycles. The summed E-state index contributed by atoms with van der Waals surface area (Å²) in [6.07, 6.45) is -24.5. The molecule has 4 saturated heterocycles. The van der Waals surface area contributed by atoms with Crippen LogP contribution in [-0.4, -0.2) is 176 Å². The normalized spacial score (nSPS) is 53.7. The average molecular weight is 546 g/mol. The van der Waals surface area contributed by atoms with E-state index in [2.05, 4.69) is 0 Å². The van der Waals surface area contributed by atoms with Crippen LogP contribution in [0.15, 0.2) is 0 Å². The highest BCUT2D eigenvalue weighted by atomic mass is 16.8. The predicted octanol–water partition coefficient (Wildman–Crippen LogP) is -7.19. The molecule has 0 spiro atoms. The van der Waals surface area contributed by atoms with Gasteiger partial charge in [-0.25, -0.2) is 0 Å². The predicted molar refractivity (Wildman–Crippen MR) is 110 cm³/mol. The molecule has 0 bridgehead atoms. The van der Waals surface area contributed by atoms with Crippen molar-refractivity contribution in [1.82, 2.24) is 0 Å². The second kappa shape index (κ2) is 12.2. The molecular formula is C20H34O17. The molecule has 0 aliphatic carbocycles. The van der Waals surface area contributed by atoms with Gasteiger partial charge in [0.25, 0.3) is 0 Å². The van der Waals surface area contributed by atoms with Gasteiger partial charge in [-0.2, -0.15) is 0 Å². The zero-order valence-electron chi connectivity index (χ0n) is 19.4. The summed E-state index contributed by atoms with van der Waals surface area (Å²) in [5.41, 5.74) is 0. The fourth-order valence-corrected chi connectivity index (χ4v) is 4.33. The Hall–Kier alpha value is -0.680. The number of hydrogen-bond acceptors (Lipinski definition) is 17. The fraction of sp³-hybridized carbons (Fsp3) is 1.00. The molecule has 4 fully saturated rings. The van der Waals surface area contributed by atoms with Crippen LogP contribution in [0, 0.1) is 0 Å². The van der Waals surface area contributed by atoms with Crippen molar-refractivity contribution in [3.05, 3.63) is 0 Å². The van der Waals surface area contributed by atoms with Crippen LogP contribution in [0.3, 0.4) is 0 Å². The van der Waals surface area contributed by atoms with Gasteiger partial charge in [0.2, 0.25) is 0 Å². The van der Waals surface area contributed by atoms with Crippen LogP contribution in [0.5, 0.6) is 0 Å².